The van der Waals surface area contributed by atoms with Gasteiger partial charge >= 0.3 is 0 Å². The van der Waals surface area contributed by atoms with Crippen LogP contribution in [0.5, 0.6) is 0 Å². The summed E-state index contributed by atoms with van der Waals surface area (Å²) in [5.41, 5.74) is 1.06. The monoisotopic (exact) mass is 330 g/mol. The molecule has 21 heavy (non-hydrogen) atoms. The molecule has 1 saturated heterocycles. The molecule has 0 saturated carbocycles. The maximum absolute atomic E-state index is 12.3. The lowest BCUT2D eigenvalue weighted by Crippen LogP contribution is -2.46. The molecule has 1 aromatic rings. The van der Waals surface area contributed by atoms with E-state index < -0.39 is 10.8 Å². The molecule has 2 rings (SSSR count). The first-order valence-corrected chi connectivity index (χ1v) is 8.54. The minimum Gasteiger partial charge on any atom is -0.340 e. The second kappa shape index (κ2) is 8.51. The molecular formula is C15H23ClN2O2S. The highest BCUT2D eigenvalue weighted by molar-refractivity contribution is 7.84. The fourth-order valence-corrected chi connectivity index (χ4v) is 2.99. The first kappa shape index (κ1) is 18.1. The van der Waals surface area contributed by atoms with Crippen molar-refractivity contribution >= 4 is 29.1 Å². The van der Waals surface area contributed by atoms with Gasteiger partial charge in [-0.1, -0.05) is 18.6 Å². The second-order valence-electron chi connectivity index (χ2n) is 5.29. The molecule has 2 atom stereocenters. The molecule has 0 aliphatic carbocycles. The van der Waals surface area contributed by atoms with Gasteiger partial charge in [-0.2, -0.15) is 0 Å². The average molecular weight is 331 g/mol. The molecule has 0 spiro atoms. The predicted molar refractivity (Wildman–Crippen MR) is 88.1 cm³/mol. The van der Waals surface area contributed by atoms with Crippen molar-refractivity contribution in [1.82, 2.24) is 10.2 Å². The van der Waals surface area contributed by atoms with Crippen molar-refractivity contribution in [2.75, 3.05) is 19.8 Å². The summed E-state index contributed by atoms with van der Waals surface area (Å²) in [4.78, 5) is 14.9. The highest BCUT2D eigenvalue weighted by Crippen LogP contribution is 2.13. The van der Waals surface area contributed by atoms with Crippen molar-refractivity contribution < 1.29 is 9.00 Å². The van der Waals surface area contributed by atoms with E-state index in [2.05, 4.69) is 5.32 Å². The maximum atomic E-state index is 12.3. The molecule has 1 aliphatic rings. The number of nitrogens with one attached hydrogen (secondary N) is 1. The van der Waals surface area contributed by atoms with Gasteiger partial charge in [0.2, 0.25) is 5.91 Å². The SMILES string of the molecule is CN(Cc1ccc(S(C)=O)cc1)C(=O)C1CCCCN1.Cl. The predicted octanol–water partition coefficient (Wildman–Crippen LogP) is 1.95. The quantitative estimate of drug-likeness (QED) is 0.918. The first-order chi connectivity index (χ1) is 9.58. The fourth-order valence-electron chi connectivity index (χ4n) is 2.47. The Morgan fingerprint density at radius 2 is 2.00 bits per heavy atom. The molecule has 6 heteroatoms. The molecule has 0 aromatic heterocycles. The molecule has 2 unspecified atom stereocenters. The van der Waals surface area contributed by atoms with E-state index in [-0.39, 0.29) is 24.4 Å². The topological polar surface area (TPSA) is 49.4 Å². The minimum absolute atomic E-state index is 0. The molecular weight excluding hydrogens is 308 g/mol. The van der Waals surface area contributed by atoms with Crippen LogP contribution in [0.4, 0.5) is 0 Å². The summed E-state index contributed by atoms with van der Waals surface area (Å²) in [6.45, 7) is 1.52. The van der Waals surface area contributed by atoms with Crippen molar-refractivity contribution in [2.24, 2.45) is 0 Å². The minimum atomic E-state index is -0.953. The molecule has 118 valence electrons. The normalized spacial score (nSPS) is 19.4. The third kappa shape index (κ3) is 5.09. The van der Waals surface area contributed by atoms with Gasteiger partial charge in [0.1, 0.15) is 0 Å². The summed E-state index contributed by atoms with van der Waals surface area (Å²) in [5.74, 6) is 0.160. The Balaban J connectivity index is 0.00000220. The van der Waals surface area contributed by atoms with Gasteiger partial charge in [-0.3, -0.25) is 9.00 Å². The lowest BCUT2D eigenvalue weighted by atomic mass is 10.0. The molecule has 0 bridgehead atoms. The van der Waals surface area contributed by atoms with Gasteiger partial charge in [0, 0.05) is 35.5 Å². The summed E-state index contributed by atoms with van der Waals surface area (Å²) in [6, 6.07) is 7.57. The van der Waals surface area contributed by atoms with Crippen LogP contribution in [0.1, 0.15) is 24.8 Å². The third-order valence-corrected chi connectivity index (χ3v) is 4.60. The van der Waals surface area contributed by atoms with Crippen LogP contribution in [0.25, 0.3) is 0 Å². The zero-order valence-electron chi connectivity index (χ0n) is 12.5. The van der Waals surface area contributed by atoms with Crippen LogP contribution in [0.15, 0.2) is 29.2 Å². The zero-order chi connectivity index (χ0) is 14.5. The highest BCUT2D eigenvalue weighted by atomic mass is 35.5. The number of hydrogen-bond acceptors (Lipinski definition) is 3. The summed E-state index contributed by atoms with van der Waals surface area (Å²) >= 11 is 0. The molecule has 0 radical (unpaired) electrons. The van der Waals surface area contributed by atoms with Crippen molar-refractivity contribution in [3.05, 3.63) is 29.8 Å². The van der Waals surface area contributed by atoms with Gasteiger partial charge in [-0.25, -0.2) is 0 Å². The van der Waals surface area contributed by atoms with Crippen LogP contribution in [0.2, 0.25) is 0 Å². The van der Waals surface area contributed by atoms with E-state index in [1.807, 2.05) is 31.3 Å². The van der Waals surface area contributed by atoms with Crippen LogP contribution < -0.4 is 5.32 Å². The van der Waals surface area contributed by atoms with Crippen molar-refractivity contribution in [1.29, 1.82) is 0 Å². The van der Waals surface area contributed by atoms with E-state index in [0.29, 0.717) is 6.54 Å². The van der Waals surface area contributed by atoms with E-state index in [9.17, 15) is 9.00 Å². The lowest BCUT2D eigenvalue weighted by Gasteiger charge is -2.27. The molecule has 1 heterocycles. The summed E-state index contributed by atoms with van der Waals surface area (Å²) in [7, 11) is 0.885. The summed E-state index contributed by atoms with van der Waals surface area (Å²) < 4.78 is 11.3. The number of likely N-dealkylation sites (N-methyl/N-ethyl adjacent to an activating group) is 1. The van der Waals surface area contributed by atoms with E-state index in [4.69, 9.17) is 0 Å². The van der Waals surface area contributed by atoms with E-state index in [1.54, 1.807) is 11.2 Å². The fraction of sp³-hybridized carbons (Fsp3) is 0.533. The Morgan fingerprint density at radius 3 is 2.52 bits per heavy atom. The standard InChI is InChI=1S/C15H22N2O2S.ClH/c1-17(15(18)14-5-3-4-10-16-14)11-12-6-8-13(9-7-12)20(2)19;/h6-9,14,16H,3-5,10-11H2,1-2H3;1H. The number of halogens is 1. The Hall–Kier alpha value is -0.910. The molecule has 1 amide bonds. The summed E-state index contributed by atoms with van der Waals surface area (Å²) in [6.07, 6.45) is 4.87. The number of carbonyl (C=O) groups is 1. The number of benzene rings is 1. The van der Waals surface area contributed by atoms with Crippen LogP contribution in [-0.2, 0) is 22.1 Å². The Bertz CT molecular complexity index is 487. The van der Waals surface area contributed by atoms with Crippen LogP contribution in [-0.4, -0.2) is 40.9 Å². The number of amides is 1. The highest BCUT2D eigenvalue weighted by Gasteiger charge is 2.23. The van der Waals surface area contributed by atoms with Crippen LogP contribution in [0.3, 0.4) is 0 Å². The number of carbonyl (C=O) groups excluding carboxylic acids is 1. The maximum Gasteiger partial charge on any atom is 0.239 e. The Labute approximate surface area is 135 Å². The number of piperidine rings is 1. The largest absolute Gasteiger partial charge is 0.340 e. The van der Waals surface area contributed by atoms with Gasteiger partial charge in [0.15, 0.2) is 0 Å². The van der Waals surface area contributed by atoms with Crippen molar-refractivity contribution in [3.8, 4) is 0 Å². The van der Waals surface area contributed by atoms with E-state index in [0.717, 1.165) is 36.3 Å². The van der Waals surface area contributed by atoms with Gasteiger partial charge in [-0.15, -0.1) is 12.4 Å². The van der Waals surface area contributed by atoms with Crippen molar-refractivity contribution in [2.45, 2.75) is 36.7 Å². The number of hydrogen-bond donors (Lipinski definition) is 1. The first-order valence-electron chi connectivity index (χ1n) is 6.98. The molecule has 4 nitrogen and oxygen atoms in total. The van der Waals surface area contributed by atoms with Crippen LogP contribution in [0, 0.1) is 0 Å². The second-order valence-corrected chi connectivity index (χ2v) is 6.67. The van der Waals surface area contributed by atoms with E-state index in [1.165, 1.54) is 0 Å². The van der Waals surface area contributed by atoms with Crippen LogP contribution >= 0.6 is 12.4 Å². The lowest BCUT2D eigenvalue weighted by molar-refractivity contribution is -0.133. The van der Waals surface area contributed by atoms with Gasteiger partial charge in [-0.05, 0) is 37.1 Å². The number of nitrogens with zero attached hydrogens (tertiary/aromatic N) is 1. The Kier molecular flexibility index (Phi) is 7.35. The molecule has 1 aromatic carbocycles. The van der Waals surface area contributed by atoms with Gasteiger partial charge in [0.05, 0.1) is 6.04 Å². The Morgan fingerprint density at radius 1 is 1.33 bits per heavy atom. The van der Waals surface area contributed by atoms with E-state index >= 15 is 0 Å². The molecule has 1 aliphatic heterocycles. The smallest absolute Gasteiger partial charge is 0.239 e. The number of rotatable bonds is 4. The third-order valence-electron chi connectivity index (χ3n) is 3.66. The molecule has 1 fully saturated rings. The van der Waals surface area contributed by atoms with Gasteiger partial charge < -0.3 is 10.2 Å². The molecule has 1 N–H and O–H groups in total. The van der Waals surface area contributed by atoms with Crippen molar-refractivity contribution in [3.63, 3.8) is 0 Å². The summed E-state index contributed by atoms with van der Waals surface area (Å²) in [5, 5.41) is 3.28. The average Bonchev–Trinajstić information content (AvgIpc) is 2.48. The zero-order valence-corrected chi connectivity index (χ0v) is 14.1. The van der Waals surface area contributed by atoms with Gasteiger partial charge in [0.25, 0.3) is 0 Å².